The quantitative estimate of drug-likeness (QED) is 0.159. The van der Waals surface area contributed by atoms with Gasteiger partial charge in [0.25, 0.3) is 20.2 Å². The highest BCUT2D eigenvalue weighted by atomic mass is 32.2. The Labute approximate surface area is 172 Å². The fourth-order valence-electron chi connectivity index (χ4n) is 2.15. The summed E-state index contributed by atoms with van der Waals surface area (Å²) in [6, 6.07) is 0. The Hall–Kier alpha value is -1.09. The van der Waals surface area contributed by atoms with Gasteiger partial charge in [-0.15, -0.1) is 0 Å². The van der Waals surface area contributed by atoms with Crippen LogP contribution in [0.25, 0.3) is 0 Å². The normalized spacial score (nSPS) is 15.7. The fourth-order valence-corrected chi connectivity index (χ4v) is 2.70. The largest absolute Gasteiger partial charge is 0.461 e. The lowest BCUT2D eigenvalue weighted by atomic mass is 10.0. The van der Waals surface area contributed by atoms with Crippen molar-refractivity contribution in [2.45, 2.75) is 38.2 Å². The Morgan fingerprint density at radius 3 is 2.17 bits per heavy atom. The van der Waals surface area contributed by atoms with Crippen LogP contribution in [0, 0.1) is 0 Å². The maximum Gasteiger partial charge on any atom is 0.339 e. The van der Waals surface area contributed by atoms with Gasteiger partial charge < -0.3 is 19.1 Å². The molecule has 0 heterocycles. The van der Waals surface area contributed by atoms with Crippen molar-refractivity contribution in [2.24, 2.45) is 0 Å². The van der Waals surface area contributed by atoms with Gasteiger partial charge in [0.15, 0.2) is 6.29 Å². The van der Waals surface area contributed by atoms with E-state index in [1.165, 1.54) is 14.0 Å². The zero-order valence-electron chi connectivity index (χ0n) is 17.3. The summed E-state index contributed by atoms with van der Waals surface area (Å²) in [5, 5.41) is -1.33. The van der Waals surface area contributed by atoms with Crippen LogP contribution in [0.1, 0.15) is 26.7 Å². The predicted molar refractivity (Wildman–Crippen MR) is 106 cm³/mol. The molecule has 0 aromatic heterocycles. The molecule has 2 unspecified atom stereocenters. The van der Waals surface area contributed by atoms with Gasteiger partial charge in [0, 0.05) is 7.11 Å². The highest BCUT2D eigenvalue weighted by Crippen LogP contribution is 2.20. The first kappa shape index (κ1) is 27.9. The summed E-state index contributed by atoms with van der Waals surface area (Å²) in [5.74, 6) is -1.61. The molecule has 29 heavy (non-hydrogen) atoms. The van der Waals surface area contributed by atoms with Gasteiger partial charge in [0.05, 0.1) is 17.9 Å². The summed E-state index contributed by atoms with van der Waals surface area (Å²) >= 11 is 0. The summed E-state index contributed by atoms with van der Waals surface area (Å²) in [6.45, 7) is 2.53. The SMILES string of the molecule is COC(OCCS(=O)(=O)O)C(C(=O)OCC(C)S(=O)(=O)O)=C(C)CCCN(C)C. The molecule has 0 spiro atoms. The van der Waals surface area contributed by atoms with Gasteiger partial charge in [-0.25, -0.2) is 4.79 Å². The van der Waals surface area contributed by atoms with E-state index in [9.17, 15) is 21.6 Å². The topological polar surface area (TPSA) is 157 Å². The van der Waals surface area contributed by atoms with Crippen molar-refractivity contribution in [1.82, 2.24) is 4.90 Å². The second-order valence-electron chi connectivity index (χ2n) is 6.75. The number of methoxy groups -OCH3 is 1. The molecule has 0 fully saturated rings. The molecule has 0 radical (unpaired) electrons. The summed E-state index contributed by atoms with van der Waals surface area (Å²) in [6.07, 6.45) is -0.124. The molecule has 0 aliphatic rings. The highest BCUT2D eigenvalue weighted by Gasteiger charge is 2.28. The Morgan fingerprint density at radius 1 is 1.14 bits per heavy atom. The van der Waals surface area contributed by atoms with Crippen LogP contribution in [0.5, 0.6) is 0 Å². The van der Waals surface area contributed by atoms with E-state index < -0.39 is 56.7 Å². The highest BCUT2D eigenvalue weighted by molar-refractivity contribution is 7.86. The van der Waals surface area contributed by atoms with Crippen molar-refractivity contribution < 1.29 is 44.9 Å². The molecule has 2 N–H and O–H groups in total. The maximum atomic E-state index is 12.6. The molecule has 2 atom stereocenters. The number of hydrogen-bond acceptors (Lipinski definition) is 9. The molecule has 11 nitrogen and oxygen atoms in total. The van der Waals surface area contributed by atoms with E-state index in [-0.39, 0.29) is 5.57 Å². The van der Waals surface area contributed by atoms with Crippen molar-refractivity contribution in [2.75, 3.05) is 46.7 Å². The van der Waals surface area contributed by atoms with Crippen molar-refractivity contribution in [1.29, 1.82) is 0 Å². The fraction of sp³-hybridized carbons (Fsp3) is 0.812. The second kappa shape index (κ2) is 12.6. The lowest BCUT2D eigenvalue weighted by Gasteiger charge is -2.22. The summed E-state index contributed by atoms with van der Waals surface area (Å²) in [5.41, 5.74) is 0.513. The molecular formula is C16H31NO10S2. The number of rotatable bonds is 14. The third-order valence-corrected chi connectivity index (χ3v) is 5.69. The van der Waals surface area contributed by atoms with Crippen LogP contribution in [-0.2, 0) is 39.2 Å². The summed E-state index contributed by atoms with van der Waals surface area (Å²) in [7, 11) is -3.63. The van der Waals surface area contributed by atoms with Crippen molar-refractivity contribution in [3.8, 4) is 0 Å². The molecule has 13 heteroatoms. The van der Waals surface area contributed by atoms with Gasteiger partial charge in [-0.05, 0) is 47.3 Å². The average Bonchev–Trinajstić information content (AvgIpc) is 2.56. The zero-order chi connectivity index (χ0) is 22.8. The van der Waals surface area contributed by atoms with E-state index in [0.717, 1.165) is 6.54 Å². The summed E-state index contributed by atoms with van der Waals surface area (Å²) < 4.78 is 77.1. The minimum Gasteiger partial charge on any atom is -0.461 e. The van der Waals surface area contributed by atoms with Crippen molar-refractivity contribution >= 4 is 26.2 Å². The number of esters is 1. The average molecular weight is 462 g/mol. The number of ether oxygens (including phenoxy) is 3. The Bertz CT molecular complexity index is 759. The number of hydrogen-bond donors (Lipinski definition) is 2. The Balaban J connectivity index is 5.46. The molecule has 0 amide bonds. The molecule has 0 aliphatic carbocycles. The molecule has 0 aromatic carbocycles. The van der Waals surface area contributed by atoms with Crippen LogP contribution >= 0.6 is 0 Å². The molecular weight excluding hydrogens is 430 g/mol. The third kappa shape index (κ3) is 12.3. The molecule has 0 aromatic rings. The monoisotopic (exact) mass is 461 g/mol. The third-order valence-electron chi connectivity index (χ3n) is 3.85. The van der Waals surface area contributed by atoms with E-state index in [1.807, 2.05) is 19.0 Å². The van der Waals surface area contributed by atoms with E-state index in [1.54, 1.807) is 6.92 Å². The predicted octanol–water partition coefficient (Wildman–Crippen LogP) is 0.341. The number of nitrogens with zero attached hydrogens (tertiary/aromatic N) is 1. The standard InChI is InChI=1S/C16H31NO10S2/c1-12(7-6-8-17(3)4)14(15(18)27-11-13(2)29(22,23)24)16(25-5)26-9-10-28(19,20)21/h13,16H,6-11H2,1-5H3,(H,19,20,21)(H,22,23,24). The van der Waals surface area contributed by atoms with E-state index in [2.05, 4.69) is 0 Å². The van der Waals surface area contributed by atoms with Gasteiger partial charge in [0.2, 0.25) is 0 Å². The smallest absolute Gasteiger partial charge is 0.339 e. The number of carbonyl (C=O) groups is 1. The second-order valence-corrected chi connectivity index (χ2v) is 10.2. The van der Waals surface area contributed by atoms with Gasteiger partial charge in [-0.2, -0.15) is 16.8 Å². The van der Waals surface area contributed by atoms with Gasteiger partial charge in [-0.3, -0.25) is 9.11 Å². The number of allylic oxidation sites excluding steroid dienone is 1. The van der Waals surface area contributed by atoms with Crippen LogP contribution in [0.4, 0.5) is 0 Å². The lowest BCUT2D eigenvalue weighted by molar-refractivity contribution is -0.148. The Morgan fingerprint density at radius 2 is 1.72 bits per heavy atom. The molecule has 172 valence electrons. The van der Waals surface area contributed by atoms with Crippen LogP contribution < -0.4 is 0 Å². The summed E-state index contributed by atoms with van der Waals surface area (Å²) in [4.78, 5) is 14.5. The molecule has 0 aliphatic heterocycles. The lowest BCUT2D eigenvalue weighted by Crippen LogP contribution is -2.31. The first-order valence-corrected chi connectivity index (χ1v) is 11.9. The molecule has 0 saturated heterocycles. The molecule has 0 rings (SSSR count). The van der Waals surface area contributed by atoms with Crippen molar-refractivity contribution in [3.05, 3.63) is 11.1 Å². The van der Waals surface area contributed by atoms with E-state index in [0.29, 0.717) is 18.4 Å². The van der Waals surface area contributed by atoms with Crippen LogP contribution in [0.15, 0.2) is 11.1 Å². The van der Waals surface area contributed by atoms with E-state index in [4.69, 9.17) is 23.3 Å². The first-order valence-electron chi connectivity index (χ1n) is 8.76. The molecule has 0 saturated carbocycles. The zero-order valence-corrected chi connectivity index (χ0v) is 19.0. The maximum absolute atomic E-state index is 12.6. The van der Waals surface area contributed by atoms with Gasteiger partial charge in [0.1, 0.15) is 11.9 Å². The first-order chi connectivity index (χ1) is 13.2. The van der Waals surface area contributed by atoms with Gasteiger partial charge >= 0.3 is 5.97 Å². The molecule has 0 bridgehead atoms. The van der Waals surface area contributed by atoms with Crippen LogP contribution in [0.2, 0.25) is 0 Å². The number of carbonyl (C=O) groups excluding carboxylic acids is 1. The van der Waals surface area contributed by atoms with Crippen LogP contribution in [-0.4, -0.2) is 95.1 Å². The van der Waals surface area contributed by atoms with E-state index >= 15 is 0 Å². The van der Waals surface area contributed by atoms with Gasteiger partial charge in [-0.1, -0.05) is 5.57 Å². The minimum atomic E-state index is -4.38. The Kier molecular flexibility index (Phi) is 12.1. The van der Waals surface area contributed by atoms with Crippen LogP contribution in [0.3, 0.4) is 0 Å². The minimum absolute atomic E-state index is 0.0378. The van der Waals surface area contributed by atoms with Crippen molar-refractivity contribution in [3.63, 3.8) is 0 Å².